The number of halogens is 1. The van der Waals surface area contributed by atoms with Crippen LogP contribution in [0.2, 0.25) is 0 Å². The lowest BCUT2D eigenvalue weighted by Gasteiger charge is -2.16. The number of carbonyl (C=O) groups excluding carboxylic acids is 1. The van der Waals surface area contributed by atoms with Crippen LogP contribution in [0, 0.1) is 0 Å². The molecule has 0 atom stereocenters. The smallest absolute Gasteiger partial charge is 0.170 e. The fraction of sp³-hybridized carbons (Fsp3) is 0.444. The van der Waals surface area contributed by atoms with Crippen molar-refractivity contribution in [1.29, 1.82) is 0 Å². The van der Waals surface area contributed by atoms with Crippen LogP contribution in [0.5, 0.6) is 0 Å². The van der Waals surface area contributed by atoms with Crippen LogP contribution in [0.25, 0.3) is 0 Å². The third-order valence-corrected chi connectivity index (χ3v) is 3.86. The number of hydrogen-bond acceptors (Lipinski definition) is 5. The quantitative estimate of drug-likeness (QED) is 0.145. The molecule has 1 aromatic rings. The van der Waals surface area contributed by atoms with Crippen LogP contribution in [-0.4, -0.2) is 24.6 Å². The molecule has 26 heavy (non-hydrogen) atoms. The molecule has 0 radical (unpaired) electrons. The molecule has 0 spiro atoms. The van der Waals surface area contributed by atoms with Crippen molar-refractivity contribution in [2.45, 2.75) is 38.5 Å². The van der Waals surface area contributed by atoms with Crippen LogP contribution in [0.15, 0.2) is 36.2 Å². The van der Waals surface area contributed by atoms with Gasteiger partial charge in [0.25, 0.3) is 0 Å². The van der Waals surface area contributed by atoms with Crippen molar-refractivity contribution in [3.05, 3.63) is 36.2 Å². The molecule has 0 unspecified atom stereocenters. The van der Waals surface area contributed by atoms with Gasteiger partial charge in [-0.3, -0.25) is 9.40 Å². The van der Waals surface area contributed by atoms with Crippen LogP contribution in [0.1, 0.15) is 38.5 Å². The number of nitrogens with zero attached hydrogens (tertiary/aromatic N) is 1. The maximum Gasteiger partial charge on any atom is 0.170 e. The molecule has 144 valence electrons. The summed E-state index contributed by atoms with van der Waals surface area (Å²) >= 11 is 5.25. The average molecular weight is 382 g/mol. The second-order valence-corrected chi connectivity index (χ2v) is 6.26. The monoisotopic (exact) mass is 381 g/mol. The fourth-order valence-electron chi connectivity index (χ4n) is 2.21. The number of alkyl halides is 1. The SMILES string of the molecule is N/C(=C\N(N)c1ccc(NC(=S)NCCCCCC=O)cc1)CCCF. The molecule has 0 aliphatic heterocycles. The molecule has 6 N–H and O–H groups in total. The topological polar surface area (TPSA) is 96.4 Å². The van der Waals surface area contributed by atoms with Crippen molar-refractivity contribution < 1.29 is 9.18 Å². The molecule has 0 aromatic heterocycles. The Morgan fingerprint density at radius 2 is 1.92 bits per heavy atom. The van der Waals surface area contributed by atoms with Gasteiger partial charge < -0.3 is 21.2 Å². The number of nitrogens with one attached hydrogen (secondary N) is 2. The van der Waals surface area contributed by atoms with Gasteiger partial charge in [0.15, 0.2) is 5.11 Å². The predicted molar refractivity (Wildman–Crippen MR) is 109 cm³/mol. The number of allylic oxidation sites excluding steroid dienone is 1. The number of rotatable bonds is 12. The summed E-state index contributed by atoms with van der Waals surface area (Å²) < 4.78 is 12.1. The number of carbonyl (C=O) groups is 1. The molecule has 0 aliphatic carbocycles. The second kappa shape index (κ2) is 13.1. The summed E-state index contributed by atoms with van der Waals surface area (Å²) in [6.45, 7) is 0.370. The molecule has 8 heteroatoms. The number of aldehydes is 1. The zero-order valence-corrected chi connectivity index (χ0v) is 15.7. The highest BCUT2D eigenvalue weighted by atomic mass is 32.1. The average Bonchev–Trinajstić information content (AvgIpc) is 2.63. The lowest BCUT2D eigenvalue weighted by molar-refractivity contribution is -0.107. The van der Waals surface area contributed by atoms with E-state index in [0.29, 0.717) is 30.1 Å². The van der Waals surface area contributed by atoms with E-state index in [-0.39, 0.29) is 0 Å². The van der Waals surface area contributed by atoms with Crippen molar-refractivity contribution in [3.63, 3.8) is 0 Å². The molecule has 0 bridgehead atoms. The van der Waals surface area contributed by atoms with E-state index < -0.39 is 6.67 Å². The molecule has 6 nitrogen and oxygen atoms in total. The Morgan fingerprint density at radius 1 is 1.19 bits per heavy atom. The maximum atomic E-state index is 12.1. The third kappa shape index (κ3) is 9.33. The molecular formula is C18H28FN5OS. The van der Waals surface area contributed by atoms with Crippen molar-refractivity contribution in [3.8, 4) is 0 Å². The van der Waals surface area contributed by atoms with Gasteiger partial charge in [0.2, 0.25) is 0 Å². The van der Waals surface area contributed by atoms with Crippen LogP contribution < -0.4 is 27.2 Å². The van der Waals surface area contributed by atoms with Gasteiger partial charge in [-0.15, -0.1) is 0 Å². The summed E-state index contributed by atoms with van der Waals surface area (Å²) in [5, 5.41) is 8.19. The molecule has 0 saturated heterocycles. The van der Waals surface area contributed by atoms with Crippen LogP contribution in [0.3, 0.4) is 0 Å². The molecule has 0 fully saturated rings. The van der Waals surface area contributed by atoms with E-state index in [9.17, 15) is 9.18 Å². The number of thiocarbonyl (C=S) groups is 1. The minimum absolute atomic E-state index is 0.389. The Hall–Kier alpha value is -2.19. The molecule has 0 amide bonds. The minimum Gasteiger partial charge on any atom is -0.401 e. The fourth-order valence-corrected chi connectivity index (χ4v) is 2.43. The van der Waals surface area contributed by atoms with Crippen LogP contribution in [0.4, 0.5) is 15.8 Å². The summed E-state index contributed by atoms with van der Waals surface area (Å²) in [4.78, 5) is 10.2. The molecule has 0 aliphatic rings. The van der Waals surface area contributed by atoms with Gasteiger partial charge in [-0.05, 0) is 62.2 Å². The number of nitrogens with two attached hydrogens (primary N) is 2. The van der Waals surface area contributed by atoms with E-state index >= 15 is 0 Å². The standard InChI is InChI=1S/C18H28FN5OS/c19-11-5-6-15(20)14-24(21)17-9-7-16(8-10-17)23-18(26)22-12-3-1-2-4-13-25/h7-10,13-14H,1-6,11-12,20-21H2,(H2,22,23,26)/b15-14-. The number of benzene rings is 1. The normalized spacial score (nSPS) is 11.1. The van der Waals surface area contributed by atoms with E-state index in [0.717, 1.165) is 43.5 Å². The van der Waals surface area contributed by atoms with Gasteiger partial charge in [0.1, 0.15) is 6.29 Å². The van der Waals surface area contributed by atoms with Gasteiger partial charge in [0, 0.05) is 30.5 Å². The first-order valence-electron chi connectivity index (χ1n) is 8.71. The van der Waals surface area contributed by atoms with Gasteiger partial charge in [-0.25, -0.2) is 5.84 Å². The Kier molecular flexibility index (Phi) is 11.0. The van der Waals surface area contributed by atoms with Crippen LogP contribution >= 0.6 is 12.2 Å². The molecule has 1 aromatic carbocycles. The zero-order chi connectivity index (χ0) is 19.2. The van der Waals surface area contributed by atoms with Gasteiger partial charge in [-0.1, -0.05) is 6.42 Å². The van der Waals surface area contributed by atoms with Crippen molar-refractivity contribution >= 4 is 35.0 Å². The predicted octanol–water partition coefficient (Wildman–Crippen LogP) is 2.96. The largest absolute Gasteiger partial charge is 0.401 e. The summed E-state index contributed by atoms with van der Waals surface area (Å²) in [5.74, 6) is 5.94. The molecular weight excluding hydrogens is 353 g/mol. The number of unbranched alkanes of at least 4 members (excludes halogenated alkanes) is 3. The van der Waals surface area contributed by atoms with E-state index in [1.807, 2.05) is 24.3 Å². The van der Waals surface area contributed by atoms with E-state index in [2.05, 4.69) is 10.6 Å². The summed E-state index contributed by atoms with van der Waals surface area (Å²) in [6, 6.07) is 7.39. The summed E-state index contributed by atoms with van der Waals surface area (Å²) in [5.41, 5.74) is 7.93. The maximum absolute atomic E-state index is 12.1. The van der Waals surface area contributed by atoms with Crippen molar-refractivity contribution in [2.75, 3.05) is 23.5 Å². The molecule has 0 saturated carbocycles. The van der Waals surface area contributed by atoms with Crippen molar-refractivity contribution in [1.82, 2.24) is 5.32 Å². The lowest BCUT2D eigenvalue weighted by atomic mass is 10.2. The Balaban J connectivity index is 2.39. The number of hydrazine groups is 1. The number of anilines is 2. The van der Waals surface area contributed by atoms with Crippen molar-refractivity contribution in [2.24, 2.45) is 11.6 Å². The van der Waals surface area contributed by atoms with Crippen LogP contribution in [-0.2, 0) is 4.79 Å². The number of hydrogen-bond donors (Lipinski definition) is 4. The highest BCUT2D eigenvalue weighted by Crippen LogP contribution is 2.17. The first-order chi connectivity index (χ1) is 12.6. The lowest BCUT2D eigenvalue weighted by Crippen LogP contribution is -2.29. The van der Waals surface area contributed by atoms with Gasteiger partial charge in [-0.2, -0.15) is 0 Å². The highest BCUT2D eigenvalue weighted by Gasteiger charge is 2.02. The zero-order valence-electron chi connectivity index (χ0n) is 14.9. The Labute approximate surface area is 159 Å². The van der Waals surface area contributed by atoms with E-state index in [4.69, 9.17) is 23.8 Å². The summed E-state index contributed by atoms with van der Waals surface area (Å²) in [7, 11) is 0. The first-order valence-corrected chi connectivity index (χ1v) is 9.12. The van der Waals surface area contributed by atoms with Gasteiger partial charge >= 0.3 is 0 Å². The Bertz CT molecular complexity index is 579. The van der Waals surface area contributed by atoms with E-state index in [1.54, 1.807) is 6.20 Å². The third-order valence-electron chi connectivity index (χ3n) is 3.61. The summed E-state index contributed by atoms with van der Waals surface area (Å²) in [6.07, 6.45) is 6.89. The van der Waals surface area contributed by atoms with E-state index in [1.165, 1.54) is 5.01 Å². The highest BCUT2D eigenvalue weighted by molar-refractivity contribution is 7.80. The Morgan fingerprint density at radius 3 is 2.58 bits per heavy atom. The van der Waals surface area contributed by atoms with Gasteiger partial charge in [0.05, 0.1) is 12.4 Å². The molecule has 1 rings (SSSR count). The molecule has 0 heterocycles. The minimum atomic E-state index is -0.397. The first kappa shape index (κ1) is 21.9. The second-order valence-electron chi connectivity index (χ2n) is 5.85.